The van der Waals surface area contributed by atoms with Crippen molar-refractivity contribution in [3.05, 3.63) is 29.3 Å². The van der Waals surface area contributed by atoms with Gasteiger partial charge in [0.1, 0.15) is 0 Å². The Kier molecular flexibility index (Phi) is 3.91. The van der Waals surface area contributed by atoms with Crippen LogP contribution in [0.3, 0.4) is 0 Å². The van der Waals surface area contributed by atoms with Gasteiger partial charge in [-0.3, -0.25) is 9.59 Å². The Balaban J connectivity index is 2.19. The van der Waals surface area contributed by atoms with Gasteiger partial charge in [-0.05, 0) is 30.2 Å². The van der Waals surface area contributed by atoms with Crippen LogP contribution in [0.15, 0.2) is 18.2 Å². The topological polar surface area (TPSA) is 49.4 Å². The third kappa shape index (κ3) is 2.51. The highest BCUT2D eigenvalue weighted by atomic mass is 32.1. The summed E-state index contributed by atoms with van der Waals surface area (Å²) in [5.41, 5.74) is 2.62. The van der Waals surface area contributed by atoms with Crippen LogP contribution in [0, 0.1) is 0 Å². The molecule has 2 amide bonds. The monoisotopic (exact) mass is 264 g/mol. The van der Waals surface area contributed by atoms with Crippen molar-refractivity contribution in [2.24, 2.45) is 0 Å². The molecule has 0 radical (unpaired) electrons. The number of nitrogens with zero attached hydrogens (tertiary/aromatic N) is 1. The van der Waals surface area contributed by atoms with Gasteiger partial charge in [-0.25, -0.2) is 0 Å². The normalized spacial score (nSPS) is 13.3. The predicted octanol–water partition coefficient (Wildman–Crippen LogP) is 1.26. The van der Waals surface area contributed by atoms with Crippen molar-refractivity contribution in [3.63, 3.8) is 0 Å². The lowest BCUT2D eigenvalue weighted by atomic mass is 10.1. The minimum Gasteiger partial charge on any atom is -0.351 e. The van der Waals surface area contributed by atoms with Gasteiger partial charge in [0.15, 0.2) is 0 Å². The lowest BCUT2D eigenvalue weighted by Gasteiger charge is -2.14. The van der Waals surface area contributed by atoms with Crippen molar-refractivity contribution in [2.45, 2.75) is 13.3 Å². The van der Waals surface area contributed by atoms with E-state index in [-0.39, 0.29) is 11.8 Å². The molecule has 0 aliphatic carbocycles. The molecular formula is C13H16N2O2S. The maximum absolute atomic E-state index is 11.8. The fraction of sp³-hybridized carbons (Fsp3) is 0.385. The average Bonchev–Trinajstić information content (AvgIpc) is 2.78. The molecule has 0 aromatic heterocycles. The van der Waals surface area contributed by atoms with E-state index in [4.69, 9.17) is 0 Å². The Bertz CT molecular complexity index is 488. The second-order valence-corrected chi connectivity index (χ2v) is 4.69. The molecule has 0 spiro atoms. The zero-order valence-corrected chi connectivity index (χ0v) is 11.2. The van der Waals surface area contributed by atoms with Crippen molar-refractivity contribution >= 4 is 30.1 Å². The number of anilines is 1. The van der Waals surface area contributed by atoms with Gasteiger partial charge in [0.05, 0.1) is 0 Å². The predicted molar refractivity (Wildman–Crippen MR) is 74.4 cm³/mol. The quantitative estimate of drug-likeness (QED) is 0.807. The summed E-state index contributed by atoms with van der Waals surface area (Å²) in [5, 5.41) is 2.78. The molecule has 1 N–H and O–H groups in total. The maximum atomic E-state index is 11.8. The zero-order valence-electron chi connectivity index (χ0n) is 10.3. The smallest absolute Gasteiger partial charge is 0.251 e. The Morgan fingerprint density at radius 3 is 2.89 bits per heavy atom. The Morgan fingerprint density at radius 2 is 2.22 bits per heavy atom. The van der Waals surface area contributed by atoms with Crippen molar-refractivity contribution in [2.75, 3.05) is 23.7 Å². The second kappa shape index (κ2) is 5.44. The van der Waals surface area contributed by atoms with E-state index in [1.807, 2.05) is 12.1 Å². The molecule has 1 aliphatic heterocycles. The maximum Gasteiger partial charge on any atom is 0.251 e. The second-order valence-electron chi connectivity index (χ2n) is 4.24. The number of carbonyl (C=O) groups is 2. The molecule has 0 saturated carbocycles. The summed E-state index contributed by atoms with van der Waals surface area (Å²) in [6.07, 6.45) is 0.808. The van der Waals surface area contributed by atoms with Crippen LogP contribution in [0.25, 0.3) is 0 Å². The zero-order chi connectivity index (χ0) is 13.1. The summed E-state index contributed by atoms with van der Waals surface area (Å²) in [7, 11) is 0. The number of benzene rings is 1. The summed E-state index contributed by atoms with van der Waals surface area (Å²) in [6.45, 7) is 2.81. The summed E-state index contributed by atoms with van der Waals surface area (Å²) in [4.78, 5) is 24.9. The van der Waals surface area contributed by atoms with Crippen LogP contribution in [0.5, 0.6) is 0 Å². The van der Waals surface area contributed by atoms with Crippen LogP contribution < -0.4 is 10.2 Å². The lowest BCUT2D eigenvalue weighted by molar-refractivity contribution is -0.116. The molecule has 0 saturated heterocycles. The van der Waals surface area contributed by atoms with Crippen LogP contribution >= 0.6 is 12.6 Å². The molecule has 4 nitrogen and oxygen atoms in total. The first-order valence-corrected chi connectivity index (χ1v) is 6.57. The van der Waals surface area contributed by atoms with E-state index < -0.39 is 0 Å². The van der Waals surface area contributed by atoms with Crippen molar-refractivity contribution in [1.29, 1.82) is 0 Å². The van der Waals surface area contributed by atoms with Crippen molar-refractivity contribution < 1.29 is 9.59 Å². The molecule has 0 bridgehead atoms. The molecule has 1 heterocycles. The molecule has 1 aromatic carbocycles. The number of hydrogen-bond donors (Lipinski definition) is 2. The molecule has 1 aromatic rings. The van der Waals surface area contributed by atoms with Crippen LogP contribution in [0.4, 0.5) is 5.69 Å². The van der Waals surface area contributed by atoms with Crippen molar-refractivity contribution in [1.82, 2.24) is 5.32 Å². The van der Waals surface area contributed by atoms with E-state index in [0.29, 0.717) is 24.4 Å². The Labute approximate surface area is 112 Å². The van der Waals surface area contributed by atoms with E-state index in [1.54, 1.807) is 17.9 Å². The first kappa shape index (κ1) is 13.0. The number of thiol groups is 1. The highest BCUT2D eigenvalue weighted by Gasteiger charge is 2.22. The van der Waals surface area contributed by atoms with Gasteiger partial charge < -0.3 is 10.2 Å². The molecule has 1 aliphatic rings. The van der Waals surface area contributed by atoms with Gasteiger partial charge in [0, 0.05) is 37.0 Å². The van der Waals surface area contributed by atoms with Gasteiger partial charge in [-0.2, -0.15) is 12.6 Å². The number of rotatable bonds is 3. The van der Waals surface area contributed by atoms with Crippen LogP contribution in [-0.2, 0) is 11.2 Å². The molecule has 0 atom stereocenters. The number of fused-ring (bicyclic) bond motifs is 1. The van der Waals surface area contributed by atoms with Gasteiger partial charge in [0.2, 0.25) is 5.91 Å². The van der Waals surface area contributed by atoms with E-state index in [2.05, 4.69) is 17.9 Å². The molecule has 0 fully saturated rings. The summed E-state index contributed by atoms with van der Waals surface area (Å²) in [5.74, 6) is 0.573. The number of hydrogen-bond acceptors (Lipinski definition) is 3. The molecule has 18 heavy (non-hydrogen) atoms. The molecular weight excluding hydrogens is 248 g/mol. The Hall–Kier alpha value is -1.49. The summed E-state index contributed by atoms with van der Waals surface area (Å²) in [6, 6.07) is 5.47. The third-order valence-corrected chi connectivity index (χ3v) is 3.24. The first-order chi connectivity index (χ1) is 8.63. The van der Waals surface area contributed by atoms with Gasteiger partial charge in [0.25, 0.3) is 5.91 Å². The van der Waals surface area contributed by atoms with Crippen LogP contribution in [0.2, 0.25) is 0 Å². The van der Waals surface area contributed by atoms with Crippen LogP contribution in [-0.4, -0.2) is 30.7 Å². The lowest BCUT2D eigenvalue weighted by Crippen LogP contribution is -2.26. The highest BCUT2D eigenvalue weighted by Crippen LogP contribution is 2.28. The average molecular weight is 264 g/mol. The number of nitrogens with one attached hydrogen (secondary N) is 1. The fourth-order valence-electron chi connectivity index (χ4n) is 2.14. The van der Waals surface area contributed by atoms with E-state index in [9.17, 15) is 9.59 Å². The minimum atomic E-state index is -0.0897. The van der Waals surface area contributed by atoms with Crippen LogP contribution in [0.1, 0.15) is 22.8 Å². The van der Waals surface area contributed by atoms with E-state index in [0.717, 1.165) is 17.7 Å². The van der Waals surface area contributed by atoms with Gasteiger partial charge in [-0.15, -0.1) is 0 Å². The number of amides is 2. The molecule has 0 unspecified atom stereocenters. The molecule has 5 heteroatoms. The Morgan fingerprint density at radius 1 is 1.44 bits per heavy atom. The summed E-state index contributed by atoms with van der Waals surface area (Å²) >= 11 is 4.05. The molecule has 2 rings (SSSR count). The van der Waals surface area contributed by atoms with E-state index >= 15 is 0 Å². The van der Waals surface area contributed by atoms with E-state index in [1.165, 1.54) is 0 Å². The standard InChI is InChI=1S/C13H16N2O2S/c1-9(16)15-6-4-10-8-11(2-3-12(10)15)13(17)14-5-7-18/h2-3,8,18H,4-7H2,1H3,(H,14,17). The minimum absolute atomic E-state index is 0.0426. The molecule has 96 valence electrons. The number of carbonyl (C=O) groups excluding carboxylic acids is 2. The SMILES string of the molecule is CC(=O)N1CCc2cc(C(=O)NCCS)ccc21. The summed E-state index contributed by atoms with van der Waals surface area (Å²) < 4.78 is 0. The first-order valence-electron chi connectivity index (χ1n) is 5.93. The van der Waals surface area contributed by atoms with Gasteiger partial charge in [-0.1, -0.05) is 0 Å². The fourth-order valence-corrected chi connectivity index (χ4v) is 2.25. The van der Waals surface area contributed by atoms with Crippen molar-refractivity contribution in [3.8, 4) is 0 Å². The largest absolute Gasteiger partial charge is 0.351 e. The van der Waals surface area contributed by atoms with Gasteiger partial charge >= 0.3 is 0 Å². The highest BCUT2D eigenvalue weighted by molar-refractivity contribution is 7.80. The third-order valence-electron chi connectivity index (χ3n) is 3.01.